The average molecular weight is 394 g/mol. The molecule has 0 aromatic carbocycles. The number of hydrogen-bond donors (Lipinski definition) is 0. The number of sulfonamides is 2. The Morgan fingerprint density at radius 2 is 1.09 bits per heavy atom. The Labute approximate surface area is 115 Å². The smallest absolute Gasteiger partial charge is 0.430 e. The van der Waals surface area contributed by atoms with Crippen molar-refractivity contribution in [1.29, 1.82) is 0 Å². The molecule has 0 bridgehead atoms. The van der Waals surface area contributed by atoms with Gasteiger partial charge in [0.2, 0.25) is 0 Å². The molecule has 0 fully saturated rings. The van der Waals surface area contributed by atoms with Crippen molar-refractivity contribution in [3.63, 3.8) is 0 Å². The molecular formula is C5H2F10NO4S2-. The van der Waals surface area contributed by atoms with E-state index in [0.717, 1.165) is 4.13 Å². The first-order valence-corrected chi connectivity index (χ1v) is 7.32. The van der Waals surface area contributed by atoms with Crippen molar-refractivity contribution in [1.82, 2.24) is 0 Å². The molecule has 22 heavy (non-hydrogen) atoms. The van der Waals surface area contributed by atoms with Crippen LogP contribution in [0.5, 0.6) is 0 Å². The van der Waals surface area contributed by atoms with Crippen LogP contribution in [0.3, 0.4) is 0 Å². The summed E-state index contributed by atoms with van der Waals surface area (Å²) < 4.78 is 164. The lowest BCUT2D eigenvalue weighted by Gasteiger charge is -2.33. The molecule has 0 aliphatic carbocycles. The van der Waals surface area contributed by atoms with E-state index in [-0.39, 0.29) is 0 Å². The highest BCUT2D eigenvalue weighted by atomic mass is 32.3. The summed E-state index contributed by atoms with van der Waals surface area (Å²) in [5, 5.41) is -7.14. The number of rotatable bonds is 5. The van der Waals surface area contributed by atoms with Crippen LogP contribution in [0.4, 0.5) is 43.9 Å². The third kappa shape index (κ3) is 4.34. The minimum absolute atomic E-state index is 0.872. The van der Waals surface area contributed by atoms with E-state index >= 15 is 0 Å². The van der Waals surface area contributed by atoms with Crippen molar-refractivity contribution in [2.24, 2.45) is 0 Å². The number of hydrogen-bond acceptors (Lipinski definition) is 4. The van der Waals surface area contributed by atoms with Crippen LogP contribution >= 0.6 is 0 Å². The van der Waals surface area contributed by atoms with Crippen LogP contribution in [0.15, 0.2) is 0 Å². The summed E-state index contributed by atoms with van der Waals surface area (Å²) in [6.07, 6.45) is -12.9. The molecule has 0 heterocycles. The third-order valence-electron chi connectivity index (χ3n) is 1.60. The predicted octanol–water partition coefficient (Wildman–Crippen LogP) is 2.37. The lowest BCUT2D eigenvalue weighted by Crippen LogP contribution is -2.55. The highest BCUT2D eigenvalue weighted by Crippen LogP contribution is 2.50. The Morgan fingerprint density at radius 3 is 1.36 bits per heavy atom. The average Bonchev–Trinajstić information content (AvgIpc) is 2.08. The first kappa shape index (κ1) is 21.2. The second-order valence-electron chi connectivity index (χ2n) is 3.48. The van der Waals surface area contributed by atoms with Gasteiger partial charge in [0.05, 0.1) is 10.0 Å². The molecule has 0 aromatic rings. The first-order valence-electron chi connectivity index (χ1n) is 4.27. The minimum Gasteiger partial charge on any atom is -0.430 e. The van der Waals surface area contributed by atoms with Gasteiger partial charge in [0.1, 0.15) is 5.75 Å². The van der Waals surface area contributed by atoms with Crippen molar-refractivity contribution < 1.29 is 60.7 Å². The zero-order valence-corrected chi connectivity index (χ0v) is 11.0. The highest BCUT2D eigenvalue weighted by Gasteiger charge is 2.76. The van der Waals surface area contributed by atoms with E-state index in [1.165, 1.54) is 0 Å². The van der Waals surface area contributed by atoms with Crippen LogP contribution in [0.25, 0.3) is 4.13 Å². The SMILES string of the molecule is O=S(=O)(CC(F)(F)F)[N-]S(=O)(=O)C(F)(F)C(F)(F)C(F)(F)F. The van der Waals surface area contributed by atoms with E-state index in [9.17, 15) is 60.7 Å². The van der Waals surface area contributed by atoms with Gasteiger partial charge in [-0.15, -0.1) is 0 Å². The Morgan fingerprint density at radius 1 is 0.727 bits per heavy atom. The Bertz CT molecular complexity index is 615. The van der Waals surface area contributed by atoms with Gasteiger partial charge in [0.25, 0.3) is 0 Å². The fourth-order valence-corrected chi connectivity index (χ4v) is 3.39. The first-order chi connectivity index (χ1) is 9.16. The lowest BCUT2D eigenvalue weighted by atomic mass is 10.3. The standard InChI is InChI=1S/C5H2F10NO4S2/c6-2(7,8)1-21(17,18)16-22(19,20)5(14,15)3(9,10)4(11,12)13/h1H2/q-1. The molecule has 0 aliphatic rings. The maximum atomic E-state index is 12.7. The fraction of sp³-hybridized carbons (Fsp3) is 1.00. The second-order valence-corrected chi connectivity index (χ2v) is 6.99. The summed E-state index contributed by atoms with van der Waals surface area (Å²) >= 11 is 0. The third-order valence-corrected chi connectivity index (χ3v) is 4.89. The molecule has 0 saturated carbocycles. The molecule has 0 rings (SSSR count). The summed E-state index contributed by atoms with van der Waals surface area (Å²) in [6, 6.07) is 0. The molecule has 0 spiro atoms. The van der Waals surface area contributed by atoms with Gasteiger partial charge < -0.3 is 4.13 Å². The quantitative estimate of drug-likeness (QED) is 0.671. The molecule has 0 aromatic heterocycles. The van der Waals surface area contributed by atoms with Crippen LogP contribution in [0.2, 0.25) is 0 Å². The van der Waals surface area contributed by atoms with Crippen LogP contribution < -0.4 is 0 Å². The zero-order valence-electron chi connectivity index (χ0n) is 9.38. The van der Waals surface area contributed by atoms with E-state index in [4.69, 9.17) is 0 Å². The van der Waals surface area contributed by atoms with Crippen molar-refractivity contribution in [3.8, 4) is 0 Å². The van der Waals surface area contributed by atoms with E-state index in [1.54, 1.807) is 0 Å². The lowest BCUT2D eigenvalue weighted by molar-refractivity contribution is -0.331. The van der Waals surface area contributed by atoms with Crippen LogP contribution in [-0.4, -0.2) is 46.1 Å². The van der Waals surface area contributed by atoms with Gasteiger partial charge in [-0.3, -0.25) is 0 Å². The summed E-state index contributed by atoms with van der Waals surface area (Å²) in [5.41, 5.74) is 0. The predicted molar refractivity (Wildman–Crippen MR) is 48.1 cm³/mol. The molecule has 0 N–H and O–H groups in total. The molecule has 0 saturated heterocycles. The van der Waals surface area contributed by atoms with Crippen LogP contribution in [0.1, 0.15) is 0 Å². The topological polar surface area (TPSA) is 82.4 Å². The number of halogens is 10. The largest absolute Gasteiger partial charge is 0.461 e. The zero-order chi connectivity index (χ0) is 18.4. The van der Waals surface area contributed by atoms with E-state index in [2.05, 4.69) is 0 Å². The van der Waals surface area contributed by atoms with E-state index in [1.807, 2.05) is 0 Å². The number of alkyl halides is 10. The Hall–Kier alpha value is -0.840. The minimum atomic E-state index is -7.50. The van der Waals surface area contributed by atoms with Crippen molar-refractivity contribution in [2.75, 3.05) is 5.75 Å². The van der Waals surface area contributed by atoms with Gasteiger partial charge in [0.15, 0.2) is 10.0 Å². The number of nitrogens with zero attached hydrogens (tertiary/aromatic N) is 1. The summed E-state index contributed by atoms with van der Waals surface area (Å²) in [7, 11) is -13.9. The second kappa shape index (κ2) is 5.36. The summed E-state index contributed by atoms with van der Waals surface area (Å²) in [5.74, 6) is -10.5. The monoisotopic (exact) mass is 394 g/mol. The van der Waals surface area contributed by atoms with E-state index < -0.39 is 49.3 Å². The van der Waals surface area contributed by atoms with Crippen LogP contribution in [-0.2, 0) is 20.0 Å². The summed E-state index contributed by atoms with van der Waals surface area (Å²) in [6.45, 7) is 0. The molecule has 0 amide bonds. The maximum Gasteiger partial charge on any atom is 0.461 e. The molecule has 134 valence electrons. The summed E-state index contributed by atoms with van der Waals surface area (Å²) in [4.78, 5) is 0. The fourth-order valence-electron chi connectivity index (χ4n) is 0.756. The molecule has 0 unspecified atom stereocenters. The van der Waals surface area contributed by atoms with Crippen LogP contribution in [0, 0.1) is 0 Å². The molecule has 17 heteroatoms. The van der Waals surface area contributed by atoms with Gasteiger partial charge in [-0.05, 0) is 0 Å². The molecule has 0 radical (unpaired) electrons. The van der Waals surface area contributed by atoms with Gasteiger partial charge in [-0.25, -0.2) is 16.8 Å². The molecular weight excluding hydrogens is 392 g/mol. The highest BCUT2D eigenvalue weighted by molar-refractivity contribution is 8.12. The van der Waals surface area contributed by atoms with Gasteiger partial charge >= 0.3 is 23.5 Å². The van der Waals surface area contributed by atoms with Crippen molar-refractivity contribution in [3.05, 3.63) is 4.13 Å². The maximum absolute atomic E-state index is 12.7. The van der Waals surface area contributed by atoms with Crippen molar-refractivity contribution >= 4 is 20.0 Å². The van der Waals surface area contributed by atoms with Gasteiger partial charge in [0, 0.05) is 0 Å². The Kier molecular flexibility index (Phi) is 5.15. The normalized spacial score (nSPS) is 15.9. The van der Waals surface area contributed by atoms with E-state index in [0.29, 0.717) is 0 Å². The van der Waals surface area contributed by atoms with Crippen molar-refractivity contribution in [2.45, 2.75) is 23.5 Å². The Balaban J connectivity index is 5.78. The van der Waals surface area contributed by atoms with Gasteiger partial charge in [-0.1, -0.05) is 0 Å². The van der Waals surface area contributed by atoms with Gasteiger partial charge in [-0.2, -0.15) is 43.9 Å². The molecule has 0 aliphatic heterocycles. The molecule has 0 atom stereocenters. The molecule has 5 nitrogen and oxygen atoms in total.